The predicted octanol–water partition coefficient (Wildman–Crippen LogP) is 2.17. The van der Waals surface area contributed by atoms with E-state index in [4.69, 9.17) is 5.73 Å². The summed E-state index contributed by atoms with van der Waals surface area (Å²) in [4.78, 5) is 19.7. The van der Waals surface area contributed by atoms with Gasteiger partial charge in [0, 0.05) is 18.0 Å². The number of aromatic nitrogens is 1. The normalized spacial score (nSPS) is 18.5. The van der Waals surface area contributed by atoms with E-state index in [1.54, 1.807) is 11.3 Å². The number of hydrogen-bond donors (Lipinski definition) is 1. The molecule has 1 atom stereocenters. The average Bonchev–Trinajstić information content (AvgIpc) is 2.76. The van der Waals surface area contributed by atoms with E-state index in [1.807, 2.05) is 26.0 Å². The Hall–Kier alpha value is -1.72. The lowest BCUT2D eigenvalue weighted by Crippen LogP contribution is -2.48. The summed E-state index contributed by atoms with van der Waals surface area (Å²) in [6, 6.07) is 8.05. The number of amides is 1. The summed E-state index contributed by atoms with van der Waals surface area (Å²) in [7, 11) is 0. The van der Waals surface area contributed by atoms with E-state index in [0.29, 0.717) is 6.42 Å². The fraction of sp³-hybridized carbons (Fsp3) is 0.375. The minimum absolute atomic E-state index is 0.235. The average molecular weight is 301 g/mol. The minimum Gasteiger partial charge on any atom is -0.368 e. The van der Waals surface area contributed by atoms with Gasteiger partial charge >= 0.3 is 0 Å². The third kappa shape index (κ3) is 2.84. The molecule has 1 aliphatic rings. The maximum Gasteiger partial charge on any atom is 0.235 e. The first kappa shape index (κ1) is 14.2. The number of carbonyl (C=O) groups excluding carboxylic acids is 1. The lowest BCUT2D eigenvalue weighted by molar-refractivity contribution is -0.124. The number of nitrogens with zero attached hydrogens (tertiary/aromatic N) is 2. The molecule has 1 aromatic heterocycles. The molecule has 2 aromatic rings. The molecule has 0 fully saturated rings. The Morgan fingerprint density at radius 3 is 2.71 bits per heavy atom. The fourth-order valence-electron chi connectivity index (χ4n) is 2.93. The Bertz CT molecular complexity index is 680. The molecular formula is C16H19N3OS. The molecule has 21 heavy (non-hydrogen) atoms. The van der Waals surface area contributed by atoms with Gasteiger partial charge in [-0.3, -0.25) is 9.69 Å². The van der Waals surface area contributed by atoms with Crippen LogP contribution < -0.4 is 5.73 Å². The third-order valence-electron chi connectivity index (χ3n) is 4.02. The van der Waals surface area contributed by atoms with Crippen molar-refractivity contribution in [3.63, 3.8) is 0 Å². The van der Waals surface area contributed by atoms with E-state index in [0.717, 1.165) is 23.8 Å². The minimum atomic E-state index is -0.247. The highest BCUT2D eigenvalue weighted by Gasteiger charge is 2.30. The lowest BCUT2D eigenvalue weighted by atomic mass is 9.93. The lowest BCUT2D eigenvalue weighted by Gasteiger charge is -2.34. The van der Waals surface area contributed by atoms with Crippen molar-refractivity contribution >= 4 is 17.2 Å². The van der Waals surface area contributed by atoms with Crippen LogP contribution in [0.1, 0.15) is 26.7 Å². The number of thiazole rings is 1. The third-order valence-corrected chi connectivity index (χ3v) is 5.08. The van der Waals surface area contributed by atoms with Crippen molar-refractivity contribution in [3.05, 3.63) is 51.0 Å². The van der Waals surface area contributed by atoms with E-state index in [-0.39, 0.29) is 11.9 Å². The molecule has 2 N–H and O–H groups in total. The van der Waals surface area contributed by atoms with Crippen LogP contribution in [0.5, 0.6) is 0 Å². The molecule has 3 rings (SSSR count). The molecule has 2 heterocycles. The van der Waals surface area contributed by atoms with Crippen molar-refractivity contribution in [3.8, 4) is 0 Å². The standard InChI is InChI=1S/C16H19N3OS/c1-10-15(21-11(2)18-10)9-19-8-13-6-4-3-5-12(13)7-14(19)16(17)20/h3-6,14H,7-9H2,1-2H3,(H2,17,20)/t14-/m0/s1. The van der Waals surface area contributed by atoms with Crippen molar-refractivity contribution in [1.82, 2.24) is 9.88 Å². The Labute approximate surface area is 128 Å². The summed E-state index contributed by atoms with van der Waals surface area (Å²) in [5.74, 6) is -0.247. The largest absolute Gasteiger partial charge is 0.368 e. The van der Waals surface area contributed by atoms with Crippen molar-refractivity contribution in [2.75, 3.05) is 0 Å². The summed E-state index contributed by atoms with van der Waals surface area (Å²) < 4.78 is 0. The molecule has 0 saturated heterocycles. The van der Waals surface area contributed by atoms with Gasteiger partial charge in [-0.25, -0.2) is 4.98 Å². The van der Waals surface area contributed by atoms with Crippen LogP contribution in [-0.2, 0) is 24.3 Å². The zero-order valence-corrected chi connectivity index (χ0v) is 13.1. The Morgan fingerprint density at radius 2 is 2.10 bits per heavy atom. The first-order valence-corrected chi connectivity index (χ1v) is 7.89. The van der Waals surface area contributed by atoms with Crippen molar-refractivity contribution in [2.45, 2.75) is 39.4 Å². The van der Waals surface area contributed by atoms with Gasteiger partial charge in [-0.05, 0) is 31.4 Å². The molecule has 0 saturated carbocycles. The molecule has 0 aliphatic carbocycles. The summed E-state index contributed by atoms with van der Waals surface area (Å²) in [5, 5.41) is 1.07. The molecule has 0 bridgehead atoms. The number of carbonyl (C=O) groups is 1. The zero-order valence-electron chi connectivity index (χ0n) is 12.3. The fourth-order valence-corrected chi connectivity index (χ4v) is 3.89. The number of benzene rings is 1. The highest BCUT2D eigenvalue weighted by Crippen LogP contribution is 2.27. The van der Waals surface area contributed by atoms with Crippen molar-refractivity contribution in [1.29, 1.82) is 0 Å². The molecule has 1 aliphatic heterocycles. The summed E-state index contributed by atoms with van der Waals surface area (Å²) >= 11 is 1.70. The quantitative estimate of drug-likeness (QED) is 0.945. The van der Waals surface area contributed by atoms with Crippen LogP contribution in [0, 0.1) is 13.8 Å². The van der Waals surface area contributed by atoms with Crippen LogP contribution in [0.4, 0.5) is 0 Å². The second kappa shape index (κ2) is 5.58. The van der Waals surface area contributed by atoms with Crippen molar-refractivity contribution < 1.29 is 4.79 Å². The number of primary amides is 1. The first-order valence-electron chi connectivity index (χ1n) is 7.07. The molecular weight excluding hydrogens is 282 g/mol. The van der Waals surface area contributed by atoms with Gasteiger partial charge in [-0.1, -0.05) is 24.3 Å². The van der Waals surface area contributed by atoms with Crippen LogP contribution in [0.3, 0.4) is 0 Å². The highest BCUT2D eigenvalue weighted by molar-refractivity contribution is 7.11. The van der Waals surface area contributed by atoms with Gasteiger partial charge in [0.15, 0.2) is 0 Å². The first-order chi connectivity index (χ1) is 10.0. The monoisotopic (exact) mass is 301 g/mol. The van der Waals surface area contributed by atoms with Crippen molar-refractivity contribution in [2.24, 2.45) is 5.73 Å². The molecule has 110 valence electrons. The number of aryl methyl sites for hydroxylation is 2. The maximum atomic E-state index is 11.8. The highest BCUT2D eigenvalue weighted by atomic mass is 32.1. The second-order valence-electron chi connectivity index (χ2n) is 5.54. The molecule has 1 amide bonds. The predicted molar refractivity (Wildman–Crippen MR) is 84.0 cm³/mol. The summed E-state index contributed by atoms with van der Waals surface area (Å²) in [6.07, 6.45) is 0.697. The molecule has 1 aromatic carbocycles. The van der Waals surface area contributed by atoms with E-state index >= 15 is 0 Å². The van der Waals surface area contributed by atoms with Crippen LogP contribution in [0.2, 0.25) is 0 Å². The summed E-state index contributed by atoms with van der Waals surface area (Å²) in [6.45, 7) is 5.54. The van der Waals surface area contributed by atoms with Gasteiger partial charge in [-0.15, -0.1) is 11.3 Å². The van der Waals surface area contributed by atoms with E-state index in [2.05, 4.69) is 22.0 Å². The molecule has 5 heteroatoms. The SMILES string of the molecule is Cc1nc(C)c(CN2Cc3ccccc3C[C@H]2C(N)=O)s1. The number of hydrogen-bond acceptors (Lipinski definition) is 4. The van der Waals surface area contributed by atoms with E-state index in [9.17, 15) is 4.79 Å². The van der Waals surface area contributed by atoms with Crippen LogP contribution in [0.25, 0.3) is 0 Å². The smallest absolute Gasteiger partial charge is 0.235 e. The van der Waals surface area contributed by atoms with E-state index in [1.165, 1.54) is 16.0 Å². The Balaban J connectivity index is 1.89. The van der Waals surface area contributed by atoms with Gasteiger partial charge in [0.1, 0.15) is 0 Å². The number of rotatable bonds is 3. The molecule has 0 unspecified atom stereocenters. The topological polar surface area (TPSA) is 59.2 Å². The summed E-state index contributed by atoms with van der Waals surface area (Å²) in [5.41, 5.74) is 9.19. The van der Waals surface area contributed by atoms with Gasteiger partial charge in [0.05, 0.1) is 16.7 Å². The van der Waals surface area contributed by atoms with Crippen LogP contribution in [-0.4, -0.2) is 21.8 Å². The molecule has 0 radical (unpaired) electrons. The number of nitrogens with two attached hydrogens (primary N) is 1. The van der Waals surface area contributed by atoms with Gasteiger partial charge < -0.3 is 5.73 Å². The van der Waals surface area contributed by atoms with E-state index < -0.39 is 0 Å². The van der Waals surface area contributed by atoms with Gasteiger partial charge in [-0.2, -0.15) is 0 Å². The van der Waals surface area contributed by atoms with Gasteiger partial charge in [0.2, 0.25) is 5.91 Å². The maximum absolute atomic E-state index is 11.8. The second-order valence-corrected chi connectivity index (χ2v) is 6.83. The Kier molecular flexibility index (Phi) is 3.78. The zero-order chi connectivity index (χ0) is 15.0. The van der Waals surface area contributed by atoms with Crippen LogP contribution in [0.15, 0.2) is 24.3 Å². The Morgan fingerprint density at radius 1 is 1.38 bits per heavy atom. The van der Waals surface area contributed by atoms with Gasteiger partial charge in [0.25, 0.3) is 0 Å². The van der Waals surface area contributed by atoms with Crippen LogP contribution >= 0.6 is 11.3 Å². The molecule has 0 spiro atoms. The number of fused-ring (bicyclic) bond motifs is 1. The molecule has 4 nitrogen and oxygen atoms in total.